The number of fused-ring (bicyclic) bond motifs is 2. The molecule has 6 aromatic rings. The fourth-order valence-corrected chi connectivity index (χ4v) is 12.3. The number of carbonyl (C=O) groups is 4. The van der Waals surface area contributed by atoms with Crippen molar-refractivity contribution in [2.45, 2.75) is 96.7 Å². The summed E-state index contributed by atoms with van der Waals surface area (Å²) in [4.78, 5) is 75.9. The molecule has 9 rings (SSSR count). The van der Waals surface area contributed by atoms with Crippen molar-refractivity contribution in [1.82, 2.24) is 40.3 Å². The van der Waals surface area contributed by atoms with Crippen molar-refractivity contribution >= 4 is 74.1 Å². The number of aliphatic hydroxyl groups excluding tert-OH is 1. The minimum Gasteiger partial charge on any atom is -0.508 e. The summed E-state index contributed by atoms with van der Waals surface area (Å²) in [6.07, 6.45) is 1.82. The van der Waals surface area contributed by atoms with E-state index in [-0.39, 0.29) is 105 Å². The van der Waals surface area contributed by atoms with Gasteiger partial charge in [0.2, 0.25) is 23.6 Å². The summed E-state index contributed by atoms with van der Waals surface area (Å²) >= 11 is 8.51. The first-order valence-corrected chi connectivity index (χ1v) is 29.2. The molecule has 0 unspecified atom stereocenters. The molecule has 5 atom stereocenters. The van der Waals surface area contributed by atoms with E-state index in [4.69, 9.17) is 30.8 Å². The number of rotatable bonds is 20. The third-order valence-electron chi connectivity index (χ3n) is 15.6. The number of amides is 4. The number of likely N-dealkylation sites (tertiary alicyclic amines) is 2. The van der Waals surface area contributed by atoms with Gasteiger partial charge in [-0.1, -0.05) is 87.5 Å². The van der Waals surface area contributed by atoms with Gasteiger partial charge in [0, 0.05) is 63.2 Å². The quantitative estimate of drug-likeness (QED) is 0.0423. The van der Waals surface area contributed by atoms with Crippen LogP contribution in [0.25, 0.3) is 43.2 Å². The van der Waals surface area contributed by atoms with Crippen LogP contribution in [0.5, 0.6) is 11.8 Å². The van der Waals surface area contributed by atoms with Crippen LogP contribution in [0, 0.1) is 29.5 Å². The van der Waals surface area contributed by atoms with Crippen molar-refractivity contribution in [2.75, 3.05) is 77.1 Å². The number of nitriles is 1. The molecule has 438 valence electrons. The Labute approximate surface area is 491 Å². The highest BCUT2D eigenvalue weighted by Crippen LogP contribution is 2.43. The van der Waals surface area contributed by atoms with E-state index >= 15 is 4.39 Å². The second-order valence-corrected chi connectivity index (χ2v) is 23.6. The number of nitrogens with zero attached hydrogens (tertiary/aromatic N) is 8. The fourth-order valence-electron chi connectivity index (χ4n) is 11.2. The van der Waals surface area contributed by atoms with E-state index in [1.165, 1.54) is 17.0 Å². The summed E-state index contributed by atoms with van der Waals surface area (Å²) in [5.74, 6) is -2.12. The van der Waals surface area contributed by atoms with Crippen molar-refractivity contribution in [3.8, 4) is 39.4 Å². The van der Waals surface area contributed by atoms with Crippen LogP contribution < -0.4 is 20.3 Å². The first-order valence-electron chi connectivity index (χ1n) is 27.9. The van der Waals surface area contributed by atoms with E-state index in [0.29, 0.717) is 53.7 Å². The van der Waals surface area contributed by atoms with Crippen LogP contribution in [0.15, 0.2) is 84.9 Å². The number of piperazine rings is 1. The number of aliphatic hydroxyl groups is 1. The Hall–Kier alpha value is -7.32. The number of β-amino-alcohol motifs (C(OH)–C–C–N with tert-alkyl or cyclic N) is 1. The number of phenols is 1. The maximum Gasteiger partial charge on any atom is 0.319 e. The minimum atomic E-state index is -1.01. The molecule has 0 aliphatic carbocycles. The average molecular weight is 1170 g/mol. The van der Waals surface area contributed by atoms with E-state index in [2.05, 4.69) is 38.1 Å². The van der Waals surface area contributed by atoms with Crippen LogP contribution >= 0.6 is 22.9 Å². The molecule has 0 spiro atoms. The van der Waals surface area contributed by atoms with Gasteiger partial charge in [-0.25, -0.2) is 9.37 Å². The molecule has 83 heavy (non-hydrogen) atoms. The zero-order valence-corrected chi connectivity index (χ0v) is 48.8. The number of nitrogens with one attached hydrogen (secondary N) is 2. The Morgan fingerprint density at radius 2 is 1.73 bits per heavy atom. The number of hydrogen-bond acceptors (Lipinski definition) is 16. The normalized spacial score (nSPS) is 18.7. The molecule has 4 N–H and O–H groups in total. The number of halogens is 2. The third-order valence-corrected chi connectivity index (χ3v) is 16.8. The Balaban J connectivity index is 0.759. The van der Waals surface area contributed by atoms with Gasteiger partial charge in [-0.15, -0.1) is 11.3 Å². The maximum atomic E-state index is 17.2. The van der Waals surface area contributed by atoms with E-state index in [1.807, 2.05) is 88.0 Å². The Bertz CT molecular complexity index is 3400. The molecule has 22 heteroatoms. The lowest BCUT2D eigenvalue weighted by Gasteiger charge is -2.41. The van der Waals surface area contributed by atoms with Gasteiger partial charge in [0.15, 0.2) is 5.82 Å². The lowest BCUT2D eigenvalue weighted by atomic mass is 9.85. The van der Waals surface area contributed by atoms with Gasteiger partial charge in [0.25, 0.3) is 0 Å². The zero-order chi connectivity index (χ0) is 59.1. The first kappa shape index (κ1) is 60.3. The van der Waals surface area contributed by atoms with Crippen molar-refractivity contribution in [3.05, 3.63) is 107 Å². The number of aryl methyl sites for hydroxylation is 1. The van der Waals surface area contributed by atoms with E-state index in [0.717, 1.165) is 34.5 Å². The summed E-state index contributed by atoms with van der Waals surface area (Å²) in [5, 5.41) is 38.7. The van der Waals surface area contributed by atoms with Gasteiger partial charge >= 0.3 is 6.01 Å². The predicted molar refractivity (Wildman–Crippen MR) is 315 cm³/mol. The topological polar surface area (TPSA) is 236 Å². The van der Waals surface area contributed by atoms with Gasteiger partial charge in [-0.3, -0.25) is 24.1 Å². The molecule has 2 aromatic heterocycles. The summed E-state index contributed by atoms with van der Waals surface area (Å²) < 4.78 is 35.3. The molecule has 0 saturated carbocycles. The van der Waals surface area contributed by atoms with Crippen LogP contribution in [0.3, 0.4) is 0 Å². The molecule has 0 bridgehead atoms. The Morgan fingerprint density at radius 3 is 2.45 bits per heavy atom. The smallest absolute Gasteiger partial charge is 0.319 e. The molecule has 3 fully saturated rings. The van der Waals surface area contributed by atoms with Crippen LogP contribution in [-0.4, -0.2) is 166 Å². The largest absolute Gasteiger partial charge is 0.508 e. The van der Waals surface area contributed by atoms with Crippen molar-refractivity contribution < 1.29 is 48.0 Å². The van der Waals surface area contributed by atoms with Gasteiger partial charge < -0.3 is 49.8 Å². The molecule has 3 aliphatic heterocycles. The summed E-state index contributed by atoms with van der Waals surface area (Å²) in [5.41, 5.74) is 4.31. The number of piperidine rings is 1. The van der Waals surface area contributed by atoms with Crippen LogP contribution in [0.1, 0.15) is 70.7 Å². The number of phenolic OH excluding ortho intramolecular Hbond substituents is 1. The lowest BCUT2D eigenvalue weighted by molar-refractivity contribution is -0.144. The van der Waals surface area contributed by atoms with Gasteiger partial charge in [-0.2, -0.15) is 15.2 Å². The highest BCUT2D eigenvalue weighted by molar-refractivity contribution is 7.13. The fraction of sp³-hybridized carbons (Fsp3) is 0.443. The standard InChI is InChI=1S/C61H70ClFN10O9S/c1-7-51(77)72-23-22-71(32-41(72)16-19-64)57-47-31-48(62)52(46-29-42(74)28-40-10-8-9-11-45(40)46)53(63)54(47)68-60(69-57)82-25-24-70-20-17-44(18-21-70)81-27-26-80-34-50(76)67-56(61(4,5)6)59(79)73-33-43(75)30-49(73)58(78)66-36(2)38-12-14-39(15-13-38)55-37(3)65-35-83-55/h7-15,28-29,31,35-36,41,43-44,49,56,74-75H,1,16-18,20-27,30,32-34H2,2-6H3,(H,66,78)(H,67,76)/t36-,41-,43+,49-,56+/m0/s1. The first-order chi connectivity index (χ1) is 39.8. The molecule has 4 amide bonds. The predicted octanol–water partition coefficient (Wildman–Crippen LogP) is 7.74. The number of benzene rings is 4. The maximum absolute atomic E-state index is 17.2. The highest BCUT2D eigenvalue weighted by atomic mass is 35.5. The molecule has 3 aliphatic rings. The average Bonchev–Trinajstić information content (AvgIpc) is 3.26. The Morgan fingerprint density at radius 1 is 0.976 bits per heavy atom. The zero-order valence-electron chi connectivity index (χ0n) is 47.3. The number of ether oxygens (including phenoxy) is 3. The summed E-state index contributed by atoms with van der Waals surface area (Å²) in [7, 11) is 0. The number of thiazole rings is 1. The van der Waals surface area contributed by atoms with Crippen LogP contribution in [0.4, 0.5) is 10.2 Å². The van der Waals surface area contributed by atoms with E-state index in [9.17, 15) is 34.7 Å². The van der Waals surface area contributed by atoms with Crippen molar-refractivity contribution in [2.24, 2.45) is 5.41 Å². The van der Waals surface area contributed by atoms with Gasteiger partial charge in [0.1, 0.15) is 42.4 Å². The highest BCUT2D eigenvalue weighted by Gasteiger charge is 2.45. The number of carbonyl (C=O) groups excluding carboxylic acids is 4. The SMILES string of the molecule is C=CC(=O)N1CCN(c2nc(OCCN3CCC(OCCOCC(=O)N[C@H](C(=O)N4C[C@H](O)C[C@H]4C(=O)N[C@@H](C)c4ccc(-c5scnc5C)cc4)C(C)(C)C)CC3)nc3c(F)c(-c4cc(O)cc5ccccc45)c(Cl)cc23)C[C@@H]1CC#N. The molecule has 0 radical (unpaired) electrons. The van der Waals surface area contributed by atoms with Gasteiger partial charge in [-0.05, 0) is 83.8 Å². The molecule has 3 saturated heterocycles. The molecular formula is C61H70ClFN10O9S. The summed E-state index contributed by atoms with van der Waals surface area (Å²) in [6.45, 7) is 15.8. The van der Waals surface area contributed by atoms with Crippen molar-refractivity contribution in [3.63, 3.8) is 0 Å². The molecule has 19 nitrogen and oxygen atoms in total. The summed E-state index contributed by atoms with van der Waals surface area (Å²) in [6, 6.07) is 19.1. The second-order valence-electron chi connectivity index (χ2n) is 22.4. The van der Waals surface area contributed by atoms with Gasteiger partial charge in [0.05, 0.1) is 71.1 Å². The monoisotopic (exact) mass is 1170 g/mol. The molecule has 5 heterocycles. The minimum absolute atomic E-state index is 0.0474. The molecule has 4 aromatic carbocycles. The van der Waals surface area contributed by atoms with E-state index in [1.54, 1.807) is 33.9 Å². The number of aromatic nitrogens is 3. The second kappa shape index (κ2) is 26.5. The van der Waals surface area contributed by atoms with E-state index < -0.39 is 53.2 Å². The Kier molecular flexibility index (Phi) is 19.2. The number of anilines is 1. The number of aromatic hydroxyl groups is 1. The molecular weight excluding hydrogens is 1100 g/mol. The van der Waals surface area contributed by atoms with Crippen molar-refractivity contribution in [1.29, 1.82) is 5.26 Å². The number of hydrogen-bond donors (Lipinski definition) is 4. The lowest BCUT2D eigenvalue weighted by Crippen LogP contribution is -2.58. The third kappa shape index (κ3) is 14.0. The van der Waals surface area contributed by atoms with Crippen LogP contribution in [-0.2, 0) is 28.7 Å². The van der Waals surface area contributed by atoms with Crippen LogP contribution in [0.2, 0.25) is 5.02 Å².